The number of methoxy groups -OCH3 is 2. The molecule has 6 N–H and O–H groups in total. The monoisotopic (exact) mass is 1180 g/mol. The minimum Gasteiger partial charge on any atom is -0.477 e. The second-order valence-electron chi connectivity index (χ2n) is 23.8. The topological polar surface area (TPSA) is 294 Å². The quantitative estimate of drug-likeness (QED) is 0.0344. The molecule has 1 unspecified atom stereocenters. The van der Waals surface area contributed by atoms with E-state index in [0.29, 0.717) is 24.2 Å². The molecule has 3 saturated heterocycles. The summed E-state index contributed by atoms with van der Waals surface area (Å²) in [5.74, 6) is -5.17. The number of hydrogen-bond donors (Lipinski definition) is 6. The molecule has 19 atom stereocenters. The number of cyclic esters (lactones) is 1. The van der Waals surface area contributed by atoms with Crippen molar-refractivity contribution in [3.63, 3.8) is 0 Å². The summed E-state index contributed by atoms with van der Waals surface area (Å²) in [4.78, 5) is 61.4. The largest absolute Gasteiger partial charge is 0.477 e. The highest BCUT2D eigenvalue weighted by Crippen LogP contribution is 2.42. The smallest absolute Gasteiger partial charge is 0.407 e. The maximum absolute atomic E-state index is 14.7. The average Bonchev–Trinajstić information content (AvgIpc) is 3.62. The third-order valence-corrected chi connectivity index (χ3v) is 18.1. The number of benzene rings is 1. The fraction of sp³-hybridized carbons (Fsp3) is 0.776. The first-order valence-electron chi connectivity index (χ1n) is 28.6. The van der Waals surface area contributed by atoms with Crippen LogP contribution in [0.4, 0.5) is 4.79 Å². The second-order valence-corrected chi connectivity index (χ2v) is 25.0. The number of aromatic carboxylic acids is 1. The molecular formula is C58H92N4O19S. The summed E-state index contributed by atoms with van der Waals surface area (Å²) in [7, 11) is 6.59. The van der Waals surface area contributed by atoms with Crippen molar-refractivity contribution >= 4 is 46.4 Å². The number of carbonyl (C=O) groups is 3. The van der Waals surface area contributed by atoms with Crippen LogP contribution in [0.15, 0.2) is 33.2 Å². The molecule has 2 aromatic rings. The molecule has 0 aliphatic carbocycles. The normalized spacial score (nSPS) is 37.3. The molecule has 464 valence electrons. The predicted octanol–water partition coefficient (Wildman–Crippen LogP) is 5.26. The van der Waals surface area contributed by atoms with E-state index in [-0.39, 0.29) is 68.7 Å². The van der Waals surface area contributed by atoms with Gasteiger partial charge in [-0.05, 0) is 112 Å². The molecule has 1 aromatic heterocycles. The zero-order chi connectivity index (χ0) is 60.8. The van der Waals surface area contributed by atoms with Crippen molar-refractivity contribution in [3.8, 4) is 0 Å². The third kappa shape index (κ3) is 15.3. The fourth-order valence-corrected chi connectivity index (χ4v) is 13.3. The Morgan fingerprint density at radius 2 is 1.66 bits per heavy atom. The first-order valence-corrected chi connectivity index (χ1v) is 29.6. The maximum atomic E-state index is 14.7. The number of aryl methyl sites for hydroxylation is 1. The molecule has 23 nitrogen and oxygen atoms in total. The molecule has 3 fully saturated rings. The number of oxime groups is 1. The predicted molar refractivity (Wildman–Crippen MR) is 304 cm³/mol. The molecule has 0 bridgehead atoms. The zero-order valence-corrected chi connectivity index (χ0v) is 51.3. The molecule has 6 rings (SSSR count). The number of aliphatic hydroxyl groups excluding tert-OH is 2. The minimum atomic E-state index is -2.02. The molecule has 1 aromatic carbocycles. The summed E-state index contributed by atoms with van der Waals surface area (Å²) in [6.45, 7) is 19.2. The third-order valence-electron chi connectivity index (χ3n) is 17.1. The number of amides is 1. The molecular weight excluding hydrogens is 1090 g/mol. The van der Waals surface area contributed by atoms with Crippen molar-refractivity contribution in [1.29, 1.82) is 0 Å². The zero-order valence-electron chi connectivity index (χ0n) is 50.4. The molecule has 1 amide bonds. The number of pyridine rings is 1. The van der Waals surface area contributed by atoms with Crippen LogP contribution in [0, 0.1) is 23.7 Å². The molecule has 0 radical (unpaired) electrons. The van der Waals surface area contributed by atoms with Crippen LogP contribution in [0.1, 0.15) is 130 Å². The summed E-state index contributed by atoms with van der Waals surface area (Å²) < 4.78 is 57.5. The Hall–Kier alpha value is -4.02. The van der Waals surface area contributed by atoms with E-state index in [0.717, 1.165) is 28.8 Å². The van der Waals surface area contributed by atoms with Gasteiger partial charge in [0.1, 0.15) is 29.0 Å². The van der Waals surface area contributed by atoms with Crippen molar-refractivity contribution in [2.24, 2.45) is 28.8 Å². The lowest BCUT2D eigenvalue weighted by Gasteiger charge is -2.49. The van der Waals surface area contributed by atoms with Gasteiger partial charge >= 0.3 is 18.0 Å². The van der Waals surface area contributed by atoms with Gasteiger partial charge in [0.2, 0.25) is 12.2 Å². The van der Waals surface area contributed by atoms with Crippen molar-refractivity contribution < 1.29 is 87.4 Å². The second kappa shape index (κ2) is 28.5. The van der Waals surface area contributed by atoms with E-state index < -0.39 is 119 Å². The number of alkyl carbamates (subject to hydrolysis) is 1. The number of carboxylic acid groups (broad SMARTS) is 1. The molecule has 5 heterocycles. The van der Waals surface area contributed by atoms with Crippen molar-refractivity contribution in [3.05, 3.63) is 39.7 Å². The summed E-state index contributed by atoms with van der Waals surface area (Å²) in [5, 5.41) is 66.0. The maximum Gasteiger partial charge on any atom is 0.407 e. The van der Waals surface area contributed by atoms with Crippen LogP contribution in [0.3, 0.4) is 0 Å². The van der Waals surface area contributed by atoms with E-state index >= 15 is 0 Å². The van der Waals surface area contributed by atoms with E-state index in [1.165, 1.54) is 39.1 Å². The number of hydrogen-bond acceptors (Lipinski definition) is 21. The summed E-state index contributed by atoms with van der Waals surface area (Å²) in [6, 6.07) is 3.47. The lowest BCUT2D eigenvalue weighted by Crippen LogP contribution is -2.61. The van der Waals surface area contributed by atoms with Gasteiger partial charge in [0.05, 0.1) is 66.5 Å². The SMILES string of the molecule is CC[C@H]1OC(=O)[C@H](C)[C@@H](O[C@H]2C[C@@](C)(OC)[C@@H](OC(=O)NCCOCCSc3cc4c5c(c3)c(=O)c(C(=O)O)cn5C(C)CC4)[C@H](C)O2)[C@H](C)[C@@H](O[C@H]2O[C@@H](C)C[C@@H](N(C)C)[C@@H]2O)[C@](C)(O)C[C@@H](C)/C(=N\OCOC)[C@H](C)[C@@H](O)[C@]1(C)O. The fourth-order valence-electron chi connectivity index (χ4n) is 12.5. The van der Waals surface area contributed by atoms with E-state index in [4.69, 9.17) is 47.5 Å². The van der Waals surface area contributed by atoms with Gasteiger partial charge in [-0.25, -0.2) is 9.59 Å². The molecule has 24 heteroatoms. The van der Waals surface area contributed by atoms with Gasteiger partial charge in [-0.15, -0.1) is 11.8 Å². The van der Waals surface area contributed by atoms with Crippen LogP contribution in [0.2, 0.25) is 0 Å². The van der Waals surface area contributed by atoms with E-state index in [9.17, 15) is 44.7 Å². The Bertz CT molecular complexity index is 2580. The number of rotatable bonds is 19. The van der Waals surface area contributed by atoms with Gasteiger partial charge in [-0.1, -0.05) is 32.9 Å². The number of ether oxygens (including phenoxy) is 9. The van der Waals surface area contributed by atoms with Crippen molar-refractivity contribution in [1.82, 2.24) is 14.8 Å². The Balaban J connectivity index is 1.18. The van der Waals surface area contributed by atoms with Gasteiger partial charge < -0.3 is 87.8 Å². The lowest BCUT2D eigenvalue weighted by molar-refractivity contribution is -0.317. The number of aliphatic hydroxyl groups is 4. The molecule has 0 saturated carbocycles. The van der Waals surface area contributed by atoms with Gasteiger partial charge in [0.15, 0.2) is 18.7 Å². The lowest BCUT2D eigenvalue weighted by atomic mass is 9.73. The van der Waals surface area contributed by atoms with Crippen molar-refractivity contribution in [2.45, 2.75) is 210 Å². The van der Waals surface area contributed by atoms with Gasteiger partial charge in [-0.2, -0.15) is 0 Å². The minimum absolute atomic E-state index is 0.0185. The van der Waals surface area contributed by atoms with Crippen molar-refractivity contribution in [2.75, 3.05) is 60.6 Å². The van der Waals surface area contributed by atoms with Crippen LogP contribution in [0.25, 0.3) is 10.9 Å². The van der Waals surface area contributed by atoms with E-state index in [2.05, 4.69) is 10.5 Å². The number of esters is 1. The summed E-state index contributed by atoms with van der Waals surface area (Å²) in [6.07, 6.45) is -8.15. The number of aromatic nitrogens is 1. The Kier molecular flexibility index (Phi) is 23.3. The number of thioether (sulfide) groups is 1. The van der Waals surface area contributed by atoms with Crippen LogP contribution >= 0.6 is 11.8 Å². The number of nitrogens with one attached hydrogen (secondary N) is 1. The number of carbonyl (C=O) groups excluding carboxylic acids is 2. The van der Waals surface area contributed by atoms with E-state index in [1.807, 2.05) is 43.5 Å². The average molecular weight is 1180 g/mol. The van der Waals surface area contributed by atoms with Crippen LogP contribution in [-0.2, 0) is 58.7 Å². The highest BCUT2D eigenvalue weighted by Gasteiger charge is 2.54. The standard InChI is InChI=1S/C58H92N4O19S/c1-16-42-58(11,71)49(65)33(5)44(60-75-29-72-14)30(2)26-56(9,70)50(80-54-47(64)41(61(12)13)23-32(4)76-54)34(6)48(35(7)53(68)78-42)79-43-27-57(10,73-15)51(36(8)77-43)81-55(69)59-19-20-74-21-22-82-38-24-37-18-17-31(3)62-28-40(52(66)67)46(63)39(25-38)45(37)62/h24-25,28,30-36,41-43,47-51,54,64-65,70-71H,16-23,26-27,29H2,1-15H3,(H,59,69)(H,66,67)/b60-44+/t30-,31?,32+,33+,34+,35-,36+,41-,42-,43+,47+,48+,49-,50-,51+,54-,56-,57-,58-/m1/s1. The highest BCUT2D eigenvalue weighted by atomic mass is 32.2. The molecule has 0 spiro atoms. The number of nitrogens with zero attached hydrogens (tertiary/aromatic N) is 3. The Labute approximate surface area is 485 Å². The summed E-state index contributed by atoms with van der Waals surface area (Å²) >= 11 is 1.48. The molecule has 4 aliphatic rings. The molecule has 82 heavy (non-hydrogen) atoms. The number of likely N-dealkylation sites (N-methyl/N-ethyl adjacent to an activating group) is 1. The van der Waals surface area contributed by atoms with E-state index in [1.54, 1.807) is 61.5 Å². The Morgan fingerprint density at radius 1 is 0.951 bits per heavy atom. The van der Waals surface area contributed by atoms with Gasteiger partial charge in [0, 0.05) is 79.3 Å². The summed E-state index contributed by atoms with van der Waals surface area (Å²) in [5.41, 5.74) is -3.79. The van der Waals surface area contributed by atoms with Crippen LogP contribution < -0.4 is 10.7 Å². The number of carboxylic acids is 1. The first kappa shape index (κ1) is 67.1. The highest BCUT2D eigenvalue weighted by molar-refractivity contribution is 7.99. The Morgan fingerprint density at radius 3 is 2.30 bits per heavy atom. The van der Waals surface area contributed by atoms with Gasteiger partial charge in [0.25, 0.3) is 0 Å². The van der Waals surface area contributed by atoms with Gasteiger partial charge in [-0.3, -0.25) is 9.59 Å². The molecule has 4 aliphatic heterocycles. The van der Waals surface area contributed by atoms with Crippen LogP contribution in [-0.4, -0.2) is 204 Å². The van der Waals surface area contributed by atoms with Crippen LogP contribution in [0.5, 0.6) is 0 Å². The first-order chi connectivity index (χ1) is 38.5.